The number of alkyl halides is 1. The summed E-state index contributed by atoms with van der Waals surface area (Å²) in [5, 5.41) is 13.2. The summed E-state index contributed by atoms with van der Waals surface area (Å²) in [6.07, 6.45) is 5.26. The minimum atomic E-state index is -0.912. The molecule has 3 aromatic rings. The molecule has 0 saturated carbocycles. The van der Waals surface area contributed by atoms with Crippen LogP contribution in [-0.2, 0) is 11.3 Å². The number of hydrogen-bond donors (Lipinski definition) is 2. The molecule has 1 aromatic carbocycles. The summed E-state index contributed by atoms with van der Waals surface area (Å²) in [5.74, 6) is -0.591. The summed E-state index contributed by atoms with van der Waals surface area (Å²) in [7, 11) is 0. The van der Waals surface area contributed by atoms with E-state index in [1.165, 1.54) is 0 Å². The third-order valence-electron chi connectivity index (χ3n) is 7.37. The number of nitrogens with one attached hydrogen (secondary N) is 1. The number of rotatable bonds is 12. The van der Waals surface area contributed by atoms with Gasteiger partial charge in [-0.25, -0.2) is 4.39 Å². The molecular weight excluding hydrogens is 495 g/mol. The molecule has 1 fully saturated rings. The Bertz CT molecular complexity index is 1330. The Kier molecular flexibility index (Phi) is 9.30. The first-order chi connectivity index (χ1) is 18.6. The molecule has 0 spiro atoms. The maximum Gasteiger partial charge on any atom is 0.305 e. The predicted molar refractivity (Wildman–Crippen MR) is 152 cm³/mol. The van der Waals surface area contributed by atoms with E-state index in [0.29, 0.717) is 32.1 Å². The highest BCUT2D eigenvalue weighted by Crippen LogP contribution is 2.29. The van der Waals surface area contributed by atoms with E-state index in [9.17, 15) is 19.1 Å². The molecule has 208 valence electrons. The van der Waals surface area contributed by atoms with Crippen LogP contribution in [0.3, 0.4) is 0 Å². The van der Waals surface area contributed by atoms with E-state index in [0.717, 1.165) is 39.8 Å². The molecule has 7 nitrogen and oxygen atoms in total. The van der Waals surface area contributed by atoms with Crippen LogP contribution in [0.25, 0.3) is 11.1 Å². The lowest BCUT2D eigenvalue weighted by Crippen LogP contribution is -2.47. The Balaban J connectivity index is 1.59. The van der Waals surface area contributed by atoms with Gasteiger partial charge in [0.1, 0.15) is 6.17 Å². The van der Waals surface area contributed by atoms with E-state index in [1.54, 1.807) is 16.8 Å². The predicted octanol–water partition coefficient (Wildman–Crippen LogP) is 5.07. The van der Waals surface area contributed by atoms with Gasteiger partial charge in [0.25, 0.3) is 5.56 Å². The number of nitrogens with zero attached hydrogens (tertiary/aromatic N) is 3. The molecule has 1 saturated heterocycles. The highest BCUT2D eigenvalue weighted by Gasteiger charge is 2.26. The molecule has 8 heteroatoms. The fourth-order valence-electron chi connectivity index (χ4n) is 5.48. The zero-order valence-electron chi connectivity index (χ0n) is 23.2. The van der Waals surface area contributed by atoms with Gasteiger partial charge in [0.15, 0.2) is 0 Å². The van der Waals surface area contributed by atoms with Gasteiger partial charge in [-0.2, -0.15) is 0 Å². The Morgan fingerprint density at radius 1 is 1.15 bits per heavy atom. The molecule has 1 aliphatic rings. The smallest absolute Gasteiger partial charge is 0.305 e. The maximum absolute atomic E-state index is 13.3. The van der Waals surface area contributed by atoms with E-state index in [-0.39, 0.29) is 18.0 Å². The van der Waals surface area contributed by atoms with Crippen molar-refractivity contribution in [3.05, 3.63) is 87.6 Å². The number of carboxylic acids is 1. The van der Waals surface area contributed by atoms with E-state index in [2.05, 4.69) is 50.1 Å². The van der Waals surface area contributed by atoms with Gasteiger partial charge >= 0.3 is 5.97 Å². The topological polar surface area (TPSA) is 87.5 Å². The number of halogens is 1. The van der Waals surface area contributed by atoms with Crippen LogP contribution in [0.1, 0.15) is 61.0 Å². The largest absolute Gasteiger partial charge is 0.481 e. The quantitative estimate of drug-likeness (QED) is 0.337. The van der Waals surface area contributed by atoms with E-state index < -0.39 is 18.2 Å². The number of carboxylic acid groups (broad SMARTS) is 1. The van der Waals surface area contributed by atoms with Crippen molar-refractivity contribution >= 4 is 5.97 Å². The Labute approximate surface area is 229 Å². The van der Waals surface area contributed by atoms with Crippen molar-refractivity contribution in [1.29, 1.82) is 0 Å². The Morgan fingerprint density at radius 2 is 1.87 bits per heavy atom. The maximum atomic E-state index is 13.3. The van der Waals surface area contributed by atoms with Gasteiger partial charge in [-0.1, -0.05) is 38.1 Å². The number of aryl methyl sites for hydroxylation is 2. The summed E-state index contributed by atoms with van der Waals surface area (Å²) < 4.78 is 15.0. The summed E-state index contributed by atoms with van der Waals surface area (Å²) in [6, 6.07) is 10.9. The lowest BCUT2D eigenvalue weighted by molar-refractivity contribution is -0.137. The number of carbonyl (C=O) groups is 1. The lowest BCUT2D eigenvalue weighted by atomic mass is 9.94. The van der Waals surface area contributed by atoms with Crippen LogP contribution in [0.2, 0.25) is 0 Å². The van der Waals surface area contributed by atoms with Crippen LogP contribution in [0.4, 0.5) is 4.39 Å². The summed E-state index contributed by atoms with van der Waals surface area (Å²) >= 11 is 0. The molecule has 1 aliphatic heterocycles. The first-order valence-electron chi connectivity index (χ1n) is 13.6. The zero-order valence-corrected chi connectivity index (χ0v) is 23.2. The van der Waals surface area contributed by atoms with Crippen molar-refractivity contribution in [3.63, 3.8) is 0 Å². The van der Waals surface area contributed by atoms with Gasteiger partial charge in [-0.05, 0) is 60.1 Å². The molecule has 0 bridgehead atoms. The molecule has 2 aromatic heterocycles. The van der Waals surface area contributed by atoms with Crippen LogP contribution in [0, 0.1) is 19.8 Å². The average molecular weight is 535 g/mol. The monoisotopic (exact) mass is 534 g/mol. The molecule has 0 amide bonds. The van der Waals surface area contributed by atoms with Crippen molar-refractivity contribution < 1.29 is 14.3 Å². The van der Waals surface area contributed by atoms with Gasteiger partial charge in [0.05, 0.1) is 6.42 Å². The third-order valence-corrected chi connectivity index (χ3v) is 7.37. The second-order valence-corrected chi connectivity index (χ2v) is 11.2. The first kappa shape index (κ1) is 28.6. The molecule has 3 heterocycles. The minimum absolute atomic E-state index is 0.105. The molecule has 2 atom stereocenters. The SMILES string of the molecule is Cc1cccc(C)c1-c1cncc([C@H](CC(=O)O)NCC(CC(C)C)n2cc(CN3CC(F)C3)ccc2=O)c1. The van der Waals surface area contributed by atoms with Gasteiger partial charge in [-0.3, -0.25) is 19.5 Å². The van der Waals surface area contributed by atoms with Crippen LogP contribution in [0.15, 0.2) is 59.8 Å². The van der Waals surface area contributed by atoms with E-state index >= 15 is 0 Å². The van der Waals surface area contributed by atoms with Gasteiger partial charge in [0.2, 0.25) is 0 Å². The summed E-state index contributed by atoms with van der Waals surface area (Å²) in [6.45, 7) is 10.2. The van der Waals surface area contributed by atoms with Gasteiger partial charge in [-0.15, -0.1) is 0 Å². The Hall–Kier alpha value is -3.36. The fraction of sp³-hybridized carbons (Fsp3) is 0.452. The van der Waals surface area contributed by atoms with Crippen LogP contribution >= 0.6 is 0 Å². The van der Waals surface area contributed by atoms with Crippen molar-refractivity contribution in [2.45, 2.75) is 65.3 Å². The first-order valence-corrected chi connectivity index (χ1v) is 13.6. The second kappa shape index (κ2) is 12.7. The molecular formula is C31H39FN4O3. The highest BCUT2D eigenvalue weighted by molar-refractivity contribution is 5.71. The minimum Gasteiger partial charge on any atom is -0.481 e. The van der Waals surface area contributed by atoms with Gasteiger partial charge in [0, 0.05) is 68.5 Å². The molecule has 4 rings (SSSR count). The Morgan fingerprint density at radius 3 is 2.51 bits per heavy atom. The van der Waals surface area contributed by atoms with Crippen molar-refractivity contribution in [2.24, 2.45) is 5.92 Å². The van der Waals surface area contributed by atoms with Crippen LogP contribution in [-0.4, -0.2) is 51.3 Å². The normalized spacial score (nSPS) is 15.7. The second-order valence-electron chi connectivity index (χ2n) is 11.2. The van der Waals surface area contributed by atoms with E-state index in [4.69, 9.17) is 0 Å². The number of pyridine rings is 2. The van der Waals surface area contributed by atoms with Crippen molar-refractivity contribution in [3.8, 4) is 11.1 Å². The van der Waals surface area contributed by atoms with E-state index in [1.807, 2.05) is 35.5 Å². The fourth-order valence-corrected chi connectivity index (χ4v) is 5.48. The third kappa shape index (κ3) is 7.40. The van der Waals surface area contributed by atoms with Crippen molar-refractivity contribution in [2.75, 3.05) is 19.6 Å². The molecule has 39 heavy (non-hydrogen) atoms. The van der Waals surface area contributed by atoms with Crippen LogP contribution in [0.5, 0.6) is 0 Å². The number of hydrogen-bond acceptors (Lipinski definition) is 5. The molecule has 0 radical (unpaired) electrons. The molecule has 1 unspecified atom stereocenters. The zero-order chi connectivity index (χ0) is 28.1. The number of aromatic nitrogens is 2. The van der Waals surface area contributed by atoms with Gasteiger partial charge < -0.3 is 15.0 Å². The molecule has 2 N–H and O–H groups in total. The number of benzene rings is 1. The lowest BCUT2D eigenvalue weighted by Gasteiger charge is -2.34. The summed E-state index contributed by atoms with van der Waals surface area (Å²) in [5.41, 5.74) is 5.96. The van der Waals surface area contributed by atoms with Crippen molar-refractivity contribution in [1.82, 2.24) is 19.8 Å². The number of aliphatic carboxylic acids is 1. The standard InChI is InChI=1S/C31H39FN4O3/c1-20(2)10-27(36-17-23(8-9-29(36)37)16-35-18-26(32)19-35)15-34-28(12-30(38)39)24-11-25(14-33-13-24)31-21(3)6-5-7-22(31)4/h5-9,11,13-14,17,20,26-28,34H,10,12,15-16,18-19H2,1-4H3,(H,38,39)/t27?,28-/m0/s1. The number of likely N-dealkylation sites (tertiary alicyclic amines) is 1. The average Bonchev–Trinajstić information content (AvgIpc) is 2.85. The van der Waals surface area contributed by atoms with Crippen LogP contribution < -0.4 is 10.9 Å². The summed E-state index contributed by atoms with van der Waals surface area (Å²) in [4.78, 5) is 31.3. The molecule has 0 aliphatic carbocycles. The highest BCUT2D eigenvalue weighted by atomic mass is 19.1.